The van der Waals surface area contributed by atoms with Crippen molar-refractivity contribution in [2.45, 2.75) is 13.3 Å². The second kappa shape index (κ2) is 6.81. The van der Waals surface area contributed by atoms with Gasteiger partial charge in [0.15, 0.2) is 0 Å². The highest BCUT2D eigenvalue weighted by Gasteiger charge is 2.21. The summed E-state index contributed by atoms with van der Waals surface area (Å²) in [4.78, 5) is 17.0. The second-order valence-electron chi connectivity index (χ2n) is 5.23. The van der Waals surface area contributed by atoms with Crippen molar-refractivity contribution in [1.29, 1.82) is 0 Å². The molecule has 1 aliphatic rings. The van der Waals surface area contributed by atoms with Gasteiger partial charge in [0.05, 0.1) is 11.4 Å². The van der Waals surface area contributed by atoms with Crippen molar-refractivity contribution in [2.24, 2.45) is 5.73 Å². The minimum absolute atomic E-state index is 0.203. The number of aryl methyl sites for hydroxylation is 1. The third-order valence-electron chi connectivity index (χ3n) is 3.71. The lowest BCUT2D eigenvalue weighted by Crippen LogP contribution is -2.50. The number of nitrogens with two attached hydrogens (primary N) is 1. The molecule has 0 aromatic heterocycles. The Hall–Kier alpha value is -1.46. The van der Waals surface area contributed by atoms with E-state index in [9.17, 15) is 4.79 Å². The average molecular weight is 291 g/mol. The highest BCUT2D eigenvalue weighted by Crippen LogP contribution is 2.10. The fourth-order valence-corrected chi connectivity index (χ4v) is 2.64. The third-order valence-corrected chi connectivity index (χ3v) is 3.84. The first-order valence-corrected chi connectivity index (χ1v) is 7.30. The van der Waals surface area contributed by atoms with Gasteiger partial charge in [-0.2, -0.15) is 0 Å². The zero-order chi connectivity index (χ0) is 14.5. The van der Waals surface area contributed by atoms with E-state index in [0.29, 0.717) is 18.0 Å². The van der Waals surface area contributed by atoms with Gasteiger partial charge in [-0.1, -0.05) is 36.5 Å². The molecule has 0 bridgehead atoms. The number of carbonyl (C=O) groups excluding carboxylic acids is 1. The zero-order valence-corrected chi connectivity index (χ0v) is 12.7. The maximum atomic E-state index is 12.3. The van der Waals surface area contributed by atoms with Crippen LogP contribution in [0.25, 0.3) is 0 Å². The van der Waals surface area contributed by atoms with Crippen LogP contribution in [0, 0.1) is 6.92 Å². The Morgan fingerprint density at radius 1 is 1.25 bits per heavy atom. The van der Waals surface area contributed by atoms with Gasteiger partial charge >= 0.3 is 0 Å². The highest BCUT2D eigenvalue weighted by atomic mass is 32.1. The van der Waals surface area contributed by atoms with Crippen LogP contribution < -0.4 is 5.73 Å². The molecule has 2 N–H and O–H groups in total. The molecule has 20 heavy (non-hydrogen) atoms. The van der Waals surface area contributed by atoms with Gasteiger partial charge in [0.1, 0.15) is 0 Å². The Labute approximate surface area is 125 Å². The molecule has 1 aromatic carbocycles. The van der Waals surface area contributed by atoms with Crippen molar-refractivity contribution in [2.75, 3.05) is 32.7 Å². The minimum Gasteiger partial charge on any atom is -0.392 e. The van der Waals surface area contributed by atoms with Crippen LogP contribution >= 0.6 is 12.2 Å². The van der Waals surface area contributed by atoms with E-state index in [1.807, 2.05) is 36.1 Å². The lowest BCUT2D eigenvalue weighted by atomic mass is 10.1. The Morgan fingerprint density at radius 3 is 2.50 bits per heavy atom. The van der Waals surface area contributed by atoms with Gasteiger partial charge < -0.3 is 10.6 Å². The van der Waals surface area contributed by atoms with E-state index in [0.717, 1.165) is 31.7 Å². The summed E-state index contributed by atoms with van der Waals surface area (Å²) in [5, 5.41) is 0. The lowest BCUT2D eigenvalue weighted by Gasteiger charge is -2.34. The topological polar surface area (TPSA) is 49.6 Å². The molecule has 0 aliphatic carbocycles. The van der Waals surface area contributed by atoms with E-state index in [1.165, 1.54) is 5.56 Å². The predicted molar refractivity (Wildman–Crippen MR) is 84.7 cm³/mol. The first-order valence-electron chi connectivity index (χ1n) is 6.89. The van der Waals surface area contributed by atoms with E-state index < -0.39 is 0 Å². The van der Waals surface area contributed by atoms with E-state index >= 15 is 0 Å². The number of piperazine rings is 1. The van der Waals surface area contributed by atoms with Crippen LogP contribution in [0.3, 0.4) is 0 Å². The molecule has 108 valence electrons. The van der Waals surface area contributed by atoms with E-state index in [1.54, 1.807) is 0 Å². The van der Waals surface area contributed by atoms with E-state index in [4.69, 9.17) is 18.0 Å². The Balaban J connectivity index is 1.86. The maximum Gasteiger partial charge on any atom is 0.227 e. The van der Waals surface area contributed by atoms with Crippen LogP contribution in [0.2, 0.25) is 0 Å². The van der Waals surface area contributed by atoms with Gasteiger partial charge in [-0.05, 0) is 18.1 Å². The van der Waals surface area contributed by atoms with Crippen LogP contribution in [0.5, 0.6) is 0 Å². The van der Waals surface area contributed by atoms with Crippen LogP contribution in [0.4, 0.5) is 0 Å². The first-order chi connectivity index (χ1) is 9.56. The van der Waals surface area contributed by atoms with Crippen LogP contribution in [-0.2, 0) is 11.2 Å². The summed E-state index contributed by atoms with van der Waals surface area (Å²) in [7, 11) is 0. The summed E-state index contributed by atoms with van der Waals surface area (Å²) in [5.41, 5.74) is 7.83. The molecular weight excluding hydrogens is 270 g/mol. The van der Waals surface area contributed by atoms with Gasteiger partial charge in [-0.3, -0.25) is 9.69 Å². The number of nitrogens with zero attached hydrogens (tertiary/aromatic N) is 2. The molecule has 0 saturated carbocycles. The number of amides is 1. The smallest absolute Gasteiger partial charge is 0.227 e. The summed E-state index contributed by atoms with van der Waals surface area (Å²) in [5.74, 6) is 0.203. The van der Waals surface area contributed by atoms with E-state index in [-0.39, 0.29) is 5.91 Å². The largest absolute Gasteiger partial charge is 0.392 e. The number of hydrogen-bond acceptors (Lipinski definition) is 3. The summed E-state index contributed by atoms with van der Waals surface area (Å²) >= 11 is 4.91. The number of benzene rings is 1. The van der Waals surface area contributed by atoms with Crippen molar-refractivity contribution < 1.29 is 4.79 Å². The van der Waals surface area contributed by atoms with Gasteiger partial charge in [0.25, 0.3) is 0 Å². The quantitative estimate of drug-likeness (QED) is 0.840. The molecule has 1 aromatic rings. The average Bonchev–Trinajstić information content (AvgIpc) is 2.41. The highest BCUT2D eigenvalue weighted by molar-refractivity contribution is 7.80. The van der Waals surface area contributed by atoms with Gasteiger partial charge in [0.2, 0.25) is 5.91 Å². The summed E-state index contributed by atoms with van der Waals surface area (Å²) < 4.78 is 0. The summed E-state index contributed by atoms with van der Waals surface area (Å²) in [6.45, 7) is 5.90. The van der Waals surface area contributed by atoms with Crippen molar-refractivity contribution >= 4 is 23.1 Å². The molecule has 0 unspecified atom stereocenters. The number of hydrogen-bond donors (Lipinski definition) is 1. The zero-order valence-electron chi connectivity index (χ0n) is 11.8. The SMILES string of the molecule is Cc1ccccc1CC(=O)N1CCN(CC(N)=S)CC1. The van der Waals surface area contributed by atoms with Crippen LogP contribution in [-0.4, -0.2) is 53.4 Å². The summed E-state index contributed by atoms with van der Waals surface area (Å²) in [6.07, 6.45) is 0.488. The Kier molecular flexibility index (Phi) is 5.09. The molecule has 0 spiro atoms. The summed E-state index contributed by atoms with van der Waals surface area (Å²) in [6, 6.07) is 8.05. The van der Waals surface area contributed by atoms with E-state index in [2.05, 4.69) is 4.90 Å². The minimum atomic E-state index is 0.203. The molecule has 1 heterocycles. The maximum absolute atomic E-state index is 12.3. The number of rotatable bonds is 4. The second-order valence-corrected chi connectivity index (χ2v) is 5.75. The first kappa shape index (κ1) is 14.9. The molecule has 5 heteroatoms. The fourth-order valence-electron chi connectivity index (χ4n) is 2.46. The van der Waals surface area contributed by atoms with Crippen LogP contribution in [0.1, 0.15) is 11.1 Å². The molecule has 1 saturated heterocycles. The van der Waals surface area contributed by atoms with Crippen molar-refractivity contribution in [1.82, 2.24) is 9.80 Å². The van der Waals surface area contributed by atoms with Gasteiger partial charge in [0, 0.05) is 32.7 Å². The Morgan fingerprint density at radius 2 is 1.90 bits per heavy atom. The van der Waals surface area contributed by atoms with Crippen LogP contribution in [0.15, 0.2) is 24.3 Å². The number of carbonyl (C=O) groups is 1. The Bertz CT molecular complexity index is 496. The molecule has 1 amide bonds. The van der Waals surface area contributed by atoms with Gasteiger partial charge in [-0.25, -0.2) is 0 Å². The standard InChI is InChI=1S/C15H21N3OS/c1-12-4-2-3-5-13(12)10-15(19)18-8-6-17(7-9-18)11-14(16)20/h2-5H,6-11H2,1H3,(H2,16,20). The molecule has 2 rings (SSSR count). The lowest BCUT2D eigenvalue weighted by molar-refractivity contribution is -0.132. The molecule has 4 nitrogen and oxygen atoms in total. The monoisotopic (exact) mass is 291 g/mol. The third kappa shape index (κ3) is 4.02. The molecular formula is C15H21N3OS. The van der Waals surface area contributed by atoms with Crippen molar-refractivity contribution in [3.8, 4) is 0 Å². The molecule has 1 aliphatic heterocycles. The van der Waals surface area contributed by atoms with Gasteiger partial charge in [-0.15, -0.1) is 0 Å². The molecule has 0 atom stereocenters. The fraction of sp³-hybridized carbons (Fsp3) is 0.467. The normalized spacial score (nSPS) is 16.1. The molecule has 0 radical (unpaired) electrons. The van der Waals surface area contributed by atoms with Crippen molar-refractivity contribution in [3.63, 3.8) is 0 Å². The van der Waals surface area contributed by atoms with Crippen molar-refractivity contribution in [3.05, 3.63) is 35.4 Å². The molecule has 1 fully saturated rings. The number of thiocarbonyl (C=S) groups is 1. The predicted octanol–water partition coefficient (Wildman–Crippen LogP) is 0.968.